The Balaban J connectivity index is 1.42. The van der Waals surface area contributed by atoms with Crippen LogP contribution in [0.3, 0.4) is 0 Å². The average molecular weight is 423 g/mol. The molecule has 0 saturated heterocycles. The normalized spacial score (nSPS) is 12.8. The molecule has 3 aromatic heterocycles. The fourth-order valence-electron chi connectivity index (χ4n) is 3.45. The number of ether oxygens (including phenoxy) is 1. The van der Waals surface area contributed by atoms with Gasteiger partial charge < -0.3 is 15.0 Å². The van der Waals surface area contributed by atoms with E-state index in [1.165, 1.54) is 0 Å². The highest BCUT2D eigenvalue weighted by molar-refractivity contribution is 7.16. The lowest BCUT2D eigenvalue weighted by atomic mass is 10.2. The molecule has 0 saturated carbocycles. The highest BCUT2D eigenvalue weighted by atomic mass is 32.1. The number of aromatic amines is 1. The van der Waals surface area contributed by atoms with E-state index in [0.717, 1.165) is 65.2 Å². The van der Waals surface area contributed by atoms with Crippen LogP contribution in [0, 0.1) is 5.82 Å². The number of benzene rings is 1. The van der Waals surface area contributed by atoms with Crippen molar-refractivity contribution in [1.82, 2.24) is 25.1 Å². The number of halogens is 1. The van der Waals surface area contributed by atoms with E-state index in [9.17, 15) is 4.39 Å². The highest BCUT2D eigenvalue weighted by Gasteiger charge is 2.25. The monoisotopic (exact) mass is 423 g/mol. The fourth-order valence-corrected chi connectivity index (χ4v) is 4.41. The standard InChI is InChI=1S/C20H18FN7OS/c1-29-14-4-2-3-12(7-14)11-28-6-5-16-17(15-10-24-27-18(15)28)25-20(30-16)26-19-22-8-13(21)9-23-19/h2-4,7-10H,5-6,11H2,1H3,(H,24,27)(H,22,23,25,26). The van der Waals surface area contributed by atoms with Gasteiger partial charge in [-0.15, -0.1) is 11.3 Å². The zero-order chi connectivity index (χ0) is 20.5. The van der Waals surface area contributed by atoms with Crippen molar-refractivity contribution in [2.45, 2.75) is 13.0 Å². The number of hydrogen-bond donors (Lipinski definition) is 2. The number of nitrogens with zero attached hydrogens (tertiary/aromatic N) is 5. The molecule has 0 unspecified atom stereocenters. The van der Waals surface area contributed by atoms with Gasteiger partial charge in [0.25, 0.3) is 0 Å². The van der Waals surface area contributed by atoms with E-state index in [1.807, 2.05) is 18.2 Å². The Morgan fingerprint density at radius 1 is 1.27 bits per heavy atom. The summed E-state index contributed by atoms with van der Waals surface area (Å²) in [6, 6.07) is 8.06. The summed E-state index contributed by atoms with van der Waals surface area (Å²) in [7, 11) is 1.67. The summed E-state index contributed by atoms with van der Waals surface area (Å²) in [5.74, 6) is 1.61. The molecule has 0 amide bonds. The molecule has 152 valence electrons. The maximum absolute atomic E-state index is 13.0. The van der Waals surface area contributed by atoms with E-state index in [1.54, 1.807) is 24.6 Å². The van der Waals surface area contributed by atoms with Gasteiger partial charge in [-0.25, -0.2) is 19.3 Å². The molecule has 0 aliphatic carbocycles. The highest BCUT2D eigenvalue weighted by Crippen LogP contribution is 2.39. The first-order valence-electron chi connectivity index (χ1n) is 9.35. The van der Waals surface area contributed by atoms with Crippen LogP contribution in [-0.4, -0.2) is 38.8 Å². The summed E-state index contributed by atoms with van der Waals surface area (Å²) in [5.41, 5.74) is 3.00. The Morgan fingerprint density at radius 3 is 2.97 bits per heavy atom. The van der Waals surface area contributed by atoms with E-state index in [0.29, 0.717) is 11.1 Å². The van der Waals surface area contributed by atoms with Crippen molar-refractivity contribution >= 4 is 28.2 Å². The topological polar surface area (TPSA) is 91.8 Å². The van der Waals surface area contributed by atoms with Gasteiger partial charge in [0.15, 0.2) is 10.9 Å². The molecule has 0 bridgehead atoms. The number of anilines is 3. The lowest BCUT2D eigenvalue weighted by Gasteiger charge is -2.22. The third-order valence-corrected chi connectivity index (χ3v) is 5.87. The molecule has 1 aliphatic heterocycles. The minimum atomic E-state index is -0.477. The van der Waals surface area contributed by atoms with Gasteiger partial charge in [0, 0.05) is 24.4 Å². The van der Waals surface area contributed by atoms with Crippen molar-refractivity contribution in [1.29, 1.82) is 0 Å². The van der Waals surface area contributed by atoms with E-state index >= 15 is 0 Å². The minimum absolute atomic E-state index is 0.312. The van der Waals surface area contributed by atoms with Gasteiger partial charge in [-0.05, 0) is 17.7 Å². The molecule has 0 radical (unpaired) electrons. The molecule has 8 nitrogen and oxygen atoms in total. The molecular formula is C20H18FN7OS. The van der Waals surface area contributed by atoms with Crippen LogP contribution >= 0.6 is 11.3 Å². The van der Waals surface area contributed by atoms with Gasteiger partial charge in [0.05, 0.1) is 37.0 Å². The van der Waals surface area contributed by atoms with Gasteiger partial charge in [-0.3, -0.25) is 5.10 Å². The largest absolute Gasteiger partial charge is 0.497 e. The Morgan fingerprint density at radius 2 is 2.13 bits per heavy atom. The van der Waals surface area contributed by atoms with Crippen LogP contribution in [0.5, 0.6) is 5.75 Å². The minimum Gasteiger partial charge on any atom is -0.497 e. The predicted octanol–water partition coefficient (Wildman–Crippen LogP) is 3.78. The summed E-state index contributed by atoms with van der Waals surface area (Å²) < 4.78 is 18.4. The Hall–Kier alpha value is -3.53. The number of nitrogens with one attached hydrogen (secondary N) is 2. The van der Waals surface area contributed by atoms with E-state index in [2.05, 4.69) is 36.4 Å². The molecule has 1 aliphatic rings. The first-order chi connectivity index (χ1) is 14.7. The zero-order valence-electron chi connectivity index (χ0n) is 16.1. The molecule has 0 spiro atoms. The van der Waals surface area contributed by atoms with Gasteiger partial charge >= 0.3 is 0 Å². The molecular weight excluding hydrogens is 405 g/mol. The first-order valence-corrected chi connectivity index (χ1v) is 10.2. The van der Waals surface area contributed by atoms with Crippen molar-refractivity contribution in [3.63, 3.8) is 0 Å². The lowest BCUT2D eigenvalue weighted by molar-refractivity contribution is 0.414. The molecule has 2 N–H and O–H groups in total. The second kappa shape index (κ2) is 7.71. The van der Waals surface area contributed by atoms with Gasteiger partial charge in [0.1, 0.15) is 11.6 Å². The number of methoxy groups -OCH3 is 1. The van der Waals surface area contributed by atoms with Gasteiger partial charge in [-0.1, -0.05) is 12.1 Å². The van der Waals surface area contributed by atoms with Crippen LogP contribution in [0.1, 0.15) is 10.4 Å². The smallest absolute Gasteiger partial charge is 0.229 e. The fraction of sp³-hybridized carbons (Fsp3) is 0.200. The van der Waals surface area contributed by atoms with Crippen molar-refractivity contribution in [3.8, 4) is 17.0 Å². The van der Waals surface area contributed by atoms with E-state index in [4.69, 9.17) is 9.72 Å². The molecule has 4 heterocycles. The molecule has 5 rings (SSSR count). The van der Waals surface area contributed by atoms with Crippen molar-refractivity contribution in [3.05, 3.63) is 59.1 Å². The maximum Gasteiger partial charge on any atom is 0.229 e. The third-order valence-electron chi connectivity index (χ3n) is 4.84. The number of rotatable bonds is 5. The summed E-state index contributed by atoms with van der Waals surface area (Å²) in [5, 5.41) is 11.1. The summed E-state index contributed by atoms with van der Waals surface area (Å²) in [6.45, 7) is 1.55. The van der Waals surface area contributed by atoms with Crippen molar-refractivity contribution < 1.29 is 9.13 Å². The average Bonchev–Trinajstić information content (AvgIpc) is 3.37. The quantitative estimate of drug-likeness (QED) is 0.505. The van der Waals surface area contributed by atoms with Crippen LogP contribution in [0.15, 0.2) is 42.9 Å². The zero-order valence-corrected chi connectivity index (χ0v) is 16.9. The van der Waals surface area contributed by atoms with Crippen LogP contribution in [0.4, 0.5) is 21.3 Å². The van der Waals surface area contributed by atoms with Crippen LogP contribution in [0.25, 0.3) is 11.3 Å². The molecule has 10 heteroatoms. The molecule has 30 heavy (non-hydrogen) atoms. The van der Waals surface area contributed by atoms with Crippen LogP contribution in [-0.2, 0) is 13.0 Å². The SMILES string of the molecule is COc1cccc(CN2CCc3sc(Nc4ncc(F)cn4)nc3-c3cn[nH]c32)c1. The summed E-state index contributed by atoms with van der Waals surface area (Å²) in [6.07, 6.45) is 4.89. The lowest BCUT2D eigenvalue weighted by Crippen LogP contribution is -2.25. The van der Waals surface area contributed by atoms with Crippen molar-refractivity contribution in [2.75, 3.05) is 23.9 Å². The van der Waals surface area contributed by atoms with E-state index < -0.39 is 5.82 Å². The molecule has 1 aromatic carbocycles. The molecule has 0 fully saturated rings. The Labute approximate surface area is 175 Å². The second-order valence-corrected chi connectivity index (χ2v) is 7.88. The van der Waals surface area contributed by atoms with Crippen LogP contribution < -0.4 is 15.0 Å². The van der Waals surface area contributed by atoms with Gasteiger partial charge in [0.2, 0.25) is 5.95 Å². The number of thiazole rings is 1. The first kappa shape index (κ1) is 18.5. The number of fused-ring (bicyclic) bond motifs is 3. The Kier molecular flexibility index (Phi) is 4.75. The maximum atomic E-state index is 13.0. The number of aromatic nitrogens is 5. The summed E-state index contributed by atoms with van der Waals surface area (Å²) >= 11 is 1.54. The van der Waals surface area contributed by atoms with Gasteiger partial charge in [-0.2, -0.15) is 5.10 Å². The Bertz CT molecular complexity index is 1170. The number of H-pyrrole nitrogens is 1. The number of hydrogen-bond acceptors (Lipinski definition) is 8. The molecule has 0 atom stereocenters. The van der Waals surface area contributed by atoms with Crippen LogP contribution in [0.2, 0.25) is 0 Å². The molecule has 4 aromatic rings. The second-order valence-electron chi connectivity index (χ2n) is 6.80. The predicted molar refractivity (Wildman–Crippen MR) is 113 cm³/mol. The van der Waals surface area contributed by atoms with Crippen molar-refractivity contribution in [2.24, 2.45) is 0 Å². The summed E-state index contributed by atoms with van der Waals surface area (Å²) in [4.78, 5) is 16.0. The third kappa shape index (κ3) is 3.57. The van der Waals surface area contributed by atoms with E-state index in [-0.39, 0.29) is 0 Å².